The Morgan fingerprint density at radius 1 is 1.23 bits per heavy atom. The van der Waals surface area contributed by atoms with E-state index >= 15 is 0 Å². The van der Waals surface area contributed by atoms with Gasteiger partial charge in [0.2, 0.25) is 17.7 Å². The van der Waals surface area contributed by atoms with E-state index in [-0.39, 0.29) is 30.1 Å². The molecule has 2 fully saturated rings. The number of hydrogen-bond donors (Lipinski definition) is 1. The first-order chi connectivity index (χ1) is 14.9. The third-order valence-corrected chi connectivity index (χ3v) is 7.59. The molecule has 3 heterocycles. The topological polar surface area (TPSA) is 83.7 Å². The van der Waals surface area contributed by atoms with Crippen LogP contribution in [0.1, 0.15) is 31.7 Å². The molecule has 2 atom stereocenters. The zero-order chi connectivity index (χ0) is 22.0. The van der Waals surface area contributed by atoms with E-state index in [1.54, 1.807) is 21.1 Å². The Morgan fingerprint density at radius 3 is 2.71 bits per heavy atom. The summed E-state index contributed by atoms with van der Waals surface area (Å²) in [5.74, 6) is -0.678. The number of benzene rings is 1. The summed E-state index contributed by atoms with van der Waals surface area (Å²) in [6.07, 6.45) is 2.16. The highest BCUT2D eigenvalue weighted by molar-refractivity contribution is 7.13. The molecule has 2 saturated heterocycles. The summed E-state index contributed by atoms with van der Waals surface area (Å²) in [5.41, 5.74) is 7.35. The van der Waals surface area contributed by atoms with Crippen molar-refractivity contribution in [1.82, 2.24) is 9.80 Å². The van der Waals surface area contributed by atoms with Crippen LogP contribution in [-0.2, 0) is 20.8 Å². The second-order valence-electron chi connectivity index (χ2n) is 8.65. The maximum absolute atomic E-state index is 13.2. The van der Waals surface area contributed by atoms with Crippen molar-refractivity contribution in [3.63, 3.8) is 0 Å². The van der Waals surface area contributed by atoms with Gasteiger partial charge in [0, 0.05) is 37.5 Å². The van der Waals surface area contributed by atoms with Crippen LogP contribution in [0.5, 0.6) is 0 Å². The molecule has 31 heavy (non-hydrogen) atoms. The minimum Gasteiger partial charge on any atom is -0.369 e. The van der Waals surface area contributed by atoms with Gasteiger partial charge in [-0.2, -0.15) is 0 Å². The Labute approximate surface area is 187 Å². The maximum Gasteiger partial charge on any atom is 0.228 e. The minimum atomic E-state index is -0.797. The Morgan fingerprint density at radius 2 is 2.03 bits per heavy atom. The lowest BCUT2D eigenvalue weighted by Crippen LogP contribution is -2.54. The number of nitrogens with zero attached hydrogens (tertiary/aromatic N) is 2. The number of carbonyl (C=O) groups is 3. The summed E-state index contributed by atoms with van der Waals surface area (Å²) in [7, 11) is 0. The second kappa shape index (κ2) is 8.83. The van der Waals surface area contributed by atoms with Crippen molar-refractivity contribution in [3.8, 4) is 10.4 Å². The molecule has 2 aromatic rings. The zero-order valence-electron chi connectivity index (χ0n) is 17.9. The number of carbonyl (C=O) groups excluding carboxylic acids is 3. The maximum atomic E-state index is 13.2. The van der Waals surface area contributed by atoms with Crippen molar-refractivity contribution in [2.75, 3.05) is 26.2 Å². The van der Waals surface area contributed by atoms with Crippen LogP contribution in [0.15, 0.2) is 41.8 Å². The fourth-order valence-corrected chi connectivity index (χ4v) is 5.75. The molecule has 7 heteroatoms. The van der Waals surface area contributed by atoms with E-state index in [1.807, 2.05) is 30.5 Å². The summed E-state index contributed by atoms with van der Waals surface area (Å²) in [5, 5.41) is 2.04. The number of rotatable bonds is 6. The van der Waals surface area contributed by atoms with Gasteiger partial charge in [-0.25, -0.2) is 0 Å². The molecule has 0 bridgehead atoms. The number of piperidine rings is 1. The molecule has 2 aliphatic rings. The smallest absolute Gasteiger partial charge is 0.228 e. The second-order valence-corrected chi connectivity index (χ2v) is 9.60. The summed E-state index contributed by atoms with van der Waals surface area (Å²) < 4.78 is 0. The molecule has 1 aromatic carbocycles. The van der Waals surface area contributed by atoms with Gasteiger partial charge < -0.3 is 15.5 Å². The highest BCUT2D eigenvalue weighted by atomic mass is 32.1. The van der Waals surface area contributed by atoms with Gasteiger partial charge in [-0.3, -0.25) is 14.4 Å². The molecule has 6 nitrogen and oxygen atoms in total. The molecule has 1 aromatic heterocycles. The SMILES string of the molecule is CCN1C[C@@H](C(=O)N2CCC[C@](Cc3ccccc3-c3cccs3)(C(N)=O)C2)CC1=O. The molecule has 4 rings (SSSR count). The van der Waals surface area contributed by atoms with Crippen molar-refractivity contribution in [1.29, 1.82) is 0 Å². The molecule has 0 unspecified atom stereocenters. The molecule has 0 saturated carbocycles. The van der Waals surface area contributed by atoms with Crippen molar-refractivity contribution < 1.29 is 14.4 Å². The Balaban J connectivity index is 1.57. The van der Waals surface area contributed by atoms with E-state index in [9.17, 15) is 14.4 Å². The number of nitrogens with two attached hydrogens (primary N) is 1. The van der Waals surface area contributed by atoms with Gasteiger partial charge in [0.05, 0.1) is 11.3 Å². The number of thiophene rings is 1. The largest absolute Gasteiger partial charge is 0.369 e. The molecule has 2 N–H and O–H groups in total. The van der Waals surface area contributed by atoms with Crippen molar-refractivity contribution in [3.05, 3.63) is 47.3 Å². The van der Waals surface area contributed by atoms with E-state index in [4.69, 9.17) is 5.73 Å². The summed E-state index contributed by atoms with van der Waals surface area (Å²) >= 11 is 1.67. The summed E-state index contributed by atoms with van der Waals surface area (Å²) in [6.45, 7) is 3.94. The first kappa shape index (κ1) is 21.6. The van der Waals surface area contributed by atoms with Crippen LogP contribution in [-0.4, -0.2) is 53.7 Å². The molecule has 2 aliphatic heterocycles. The van der Waals surface area contributed by atoms with Gasteiger partial charge in [0.15, 0.2) is 0 Å². The first-order valence-corrected chi connectivity index (χ1v) is 11.8. The highest BCUT2D eigenvalue weighted by Crippen LogP contribution is 2.38. The van der Waals surface area contributed by atoms with Crippen LogP contribution in [0, 0.1) is 11.3 Å². The fraction of sp³-hybridized carbons (Fsp3) is 0.458. The van der Waals surface area contributed by atoms with Crippen LogP contribution in [0.4, 0.5) is 0 Å². The molecule has 0 spiro atoms. The number of amides is 3. The normalized spacial score (nSPS) is 23.9. The third kappa shape index (κ3) is 4.24. The van der Waals surface area contributed by atoms with Gasteiger partial charge in [0.25, 0.3) is 0 Å². The van der Waals surface area contributed by atoms with Crippen LogP contribution in [0.25, 0.3) is 10.4 Å². The molecule has 164 valence electrons. The van der Waals surface area contributed by atoms with E-state index in [0.717, 1.165) is 22.4 Å². The van der Waals surface area contributed by atoms with E-state index < -0.39 is 5.41 Å². The van der Waals surface area contributed by atoms with Gasteiger partial charge in [-0.05, 0) is 48.8 Å². The number of likely N-dealkylation sites (tertiary alicyclic amines) is 2. The molecule has 3 amide bonds. The summed E-state index contributed by atoms with van der Waals surface area (Å²) in [6, 6.07) is 12.2. The van der Waals surface area contributed by atoms with Crippen LogP contribution in [0.2, 0.25) is 0 Å². The van der Waals surface area contributed by atoms with E-state index in [2.05, 4.69) is 18.2 Å². The van der Waals surface area contributed by atoms with Gasteiger partial charge in [-0.15, -0.1) is 11.3 Å². The van der Waals surface area contributed by atoms with Crippen molar-refractivity contribution in [2.24, 2.45) is 17.1 Å². The van der Waals surface area contributed by atoms with Crippen LogP contribution in [0.3, 0.4) is 0 Å². The van der Waals surface area contributed by atoms with E-state index in [0.29, 0.717) is 39.0 Å². The third-order valence-electron chi connectivity index (χ3n) is 6.69. The Hall–Kier alpha value is -2.67. The van der Waals surface area contributed by atoms with Crippen LogP contribution >= 0.6 is 11.3 Å². The molecule has 0 radical (unpaired) electrons. The van der Waals surface area contributed by atoms with Gasteiger partial charge in [0.1, 0.15) is 0 Å². The minimum absolute atomic E-state index is 0.0267. The number of hydrogen-bond acceptors (Lipinski definition) is 4. The molecule has 0 aliphatic carbocycles. The quantitative estimate of drug-likeness (QED) is 0.751. The van der Waals surface area contributed by atoms with Gasteiger partial charge in [-0.1, -0.05) is 30.3 Å². The lowest BCUT2D eigenvalue weighted by Gasteiger charge is -2.42. The lowest BCUT2D eigenvalue weighted by atomic mass is 9.73. The van der Waals surface area contributed by atoms with Gasteiger partial charge >= 0.3 is 0 Å². The average molecular weight is 440 g/mol. The summed E-state index contributed by atoms with van der Waals surface area (Å²) in [4.78, 5) is 42.7. The van der Waals surface area contributed by atoms with E-state index in [1.165, 1.54) is 0 Å². The van der Waals surface area contributed by atoms with Crippen LogP contribution < -0.4 is 5.73 Å². The Bertz CT molecular complexity index is 974. The molecular weight excluding hydrogens is 410 g/mol. The first-order valence-electron chi connectivity index (χ1n) is 10.9. The molecular formula is C24H29N3O3S. The Kier molecular flexibility index (Phi) is 6.14. The van der Waals surface area contributed by atoms with Crippen molar-refractivity contribution >= 4 is 29.1 Å². The zero-order valence-corrected chi connectivity index (χ0v) is 18.7. The predicted molar refractivity (Wildman–Crippen MR) is 121 cm³/mol. The average Bonchev–Trinajstić information content (AvgIpc) is 3.43. The standard InChI is InChI=1S/C24H29N3O3S/c1-2-26-15-18(13-21(26)28)22(29)27-11-6-10-24(16-27,23(25)30)14-17-7-3-4-8-19(17)20-9-5-12-31-20/h3-5,7-9,12,18H,2,6,10-11,13-16H2,1H3,(H2,25,30)/t18-,24+/m0/s1. The highest BCUT2D eigenvalue weighted by Gasteiger charge is 2.45. The van der Waals surface area contributed by atoms with Crippen molar-refractivity contribution in [2.45, 2.75) is 32.6 Å². The predicted octanol–water partition coefficient (Wildman–Crippen LogP) is 2.92. The lowest BCUT2D eigenvalue weighted by molar-refractivity contribution is -0.143. The fourth-order valence-electron chi connectivity index (χ4n) is 4.96. The monoisotopic (exact) mass is 439 g/mol. The number of primary amides is 1.